The lowest BCUT2D eigenvalue weighted by atomic mass is 10.0. The van der Waals surface area contributed by atoms with E-state index in [-0.39, 0.29) is 17.7 Å². The third-order valence-electron chi connectivity index (χ3n) is 4.23. The zero-order chi connectivity index (χ0) is 16.1. The Morgan fingerprint density at radius 2 is 1.86 bits per heavy atom. The maximum Gasteiger partial charge on any atom is 0.256 e. The summed E-state index contributed by atoms with van der Waals surface area (Å²) in [7, 11) is 0. The summed E-state index contributed by atoms with van der Waals surface area (Å²) >= 11 is 0. The summed E-state index contributed by atoms with van der Waals surface area (Å²) in [6.45, 7) is 10.3. The molecule has 1 saturated heterocycles. The van der Waals surface area contributed by atoms with E-state index in [0.717, 1.165) is 22.4 Å². The van der Waals surface area contributed by atoms with Crippen molar-refractivity contribution >= 4 is 16.9 Å². The van der Waals surface area contributed by atoms with Crippen LogP contribution >= 0.6 is 0 Å². The molecular formula is C17H21N3O2. The van der Waals surface area contributed by atoms with E-state index in [4.69, 9.17) is 4.74 Å². The lowest BCUT2D eigenvalue weighted by Crippen LogP contribution is -2.47. The van der Waals surface area contributed by atoms with E-state index in [0.29, 0.717) is 12.2 Å². The van der Waals surface area contributed by atoms with Crippen molar-refractivity contribution in [3.8, 4) is 0 Å². The smallest absolute Gasteiger partial charge is 0.256 e. The van der Waals surface area contributed by atoms with E-state index < -0.39 is 0 Å². The number of carbonyl (C=O) groups is 1. The molecule has 5 heteroatoms. The number of aromatic nitrogens is 2. The minimum atomic E-state index is -0.305. The molecule has 5 nitrogen and oxygen atoms in total. The molecule has 1 aromatic heterocycles. The molecule has 0 radical (unpaired) electrons. The van der Waals surface area contributed by atoms with E-state index in [1.165, 1.54) is 0 Å². The van der Waals surface area contributed by atoms with Crippen LogP contribution in [0, 0.1) is 13.8 Å². The zero-order valence-electron chi connectivity index (χ0n) is 13.7. The molecule has 1 aromatic carbocycles. The van der Waals surface area contributed by atoms with Crippen molar-refractivity contribution in [1.82, 2.24) is 14.9 Å². The number of hydrogen-bond acceptors (Lipinski definition) is 4. The van der Waals surface area contributed by atoms with Crippen molar-refractivity contribution in [2.75, 3.05) is 6.61 Å². The van der Waals surface area contributed by atoms with Crippen molar-refractivity contribution < 1.29 is 9.53 Å². The molecule has 2 aromatic rings. The van der Waals surface area contributed by atoms with Crippen LogP contribution in [0.3, 0.4) is 0 Å². The molecule has 22 heavy (non-hydrogen) atoms. The maximum absolute atomic E-state index is 12.9. The zero-order valence-corrected chi connectivity index (χ0v) is 13.7. The fourth-order valence-electron chi connectivity index (χ4n) is 2.90. The van der Waals surface area contributed by atoms with Gasteiger partial charge in [0, 0.05) is 5.56 Å². The normalized spacial score (nSPS) is 20.6. The Hall–Kier alpha value is -2.01. The minimum Gasteiger partial charge on any atom is -0.356 e. The molecule has 2 heterocycles. The molecular weight excluding hydrogens is 278 g/mol. The van der Waals surface area contributed by atoms with Crippen LogP contribution in [0.2, 0.25) is 0 Å². The van der Waals surface area contributed by atoms with Gasteiger partial charge >= 0.3 is 0 Å². The first-order valence-corrected chi connectivity index (χ1v) is 7.50. The molecule has 0 spiro atoms. The lowest BCUT2D eigenvalue weighted by Gasteiger charge is -2.32. The van der Waals surface area contributed by atoms with Crippen molar-refractivity contribution in [2.45, 2.75) is 46.4 Å². The average molecular weight is 299 g/mol. The predicted octanol–water partition coefficient (Wildman–Crippen LogP) is 2.84. The van der Waals surface area contributed by atoms with Gasteiger partial charge in [0.15, 0.2) is 0 Å². The molecule has 1 atom stereocenters. The number of rotatable bonds is 1. The molecule has 0 aliphatic carbocycles. The topological polar surface area (TPSA) is 55.3 Å². The fraction of sp³-hybridized carbons (Fsp3) is 0.471. The summed E-state index contributed by atoms with van der Waals surface area (Å²) < 4.78 is 5.62. The van der Waals surface area contributed by atoms with Crippen molar-refractivity contribution in [3.63, 3.8) is 0 Å². The number of aryl methyl sites for hydroxylation is 2. The third kappa shape index (κ3) is 2.35. The molecule has 0 saturated carbocycles. The monoisotopic (exact) mass is 299 g/mol. The number of carbonyl (C=O) groups excluding carboxylic acids is 1. The first-order chi connectivity index (χ1) is 10.3. The second-order valence-electron chi connectivity index (χ2n) is 6.50. The van der Waals surface area contributed by atoms with Gasteiger partial charge in [-0.1, -0.05) is 0 Å². The van der Waals surface area contributed by atoms with Crippen LogP contribution in [-0.4, -0.2) is 39.1 Å². The highest BCUT2D eigenvalue weighted by atomic mass is 16.5. The van der Waals surface area contributed by atoms with Crippen LogP contribution in [0.5, 0.6) is 0 Å². The maximum atomic E-state index is 12.9. The van der Waals surface area contributed by atoms with Crippen LogP contribution in [-0.2, 0) is 4.74 Å². The highest BCUT2D eigenvalue weighted by molar-refractivity contribution is 5.98. The Morgan fingerprint density at radius 3 is 2.45 bits per heavy atom. The molecule has 116 valence electrons. The minimum absolute atomic E-state index is 0.0306. The second-order valence-corrected chi connectivity index (χ2v) is 6.50. The van der Waals surface area contributed by atoms with Crippen molar-refractivity contribution in [3.05, 3.63) is 35.2 Å². The standard InChI is InChI=1S/C17H21N3O2/c1-10-11(2)19-15-8-13(6-7-14(15)18-10)16(21)20-12(3)22-9-17(20,4)5/h6-8,12H,9H2,1-5H3. The molecule has 0 bridgehead atoms. The van der Waals surface area contributed by atoms with Crippen LogP contribution in [0.15, 0.2) is 18.2 Å². The van der Waals surface area contributed by atoms with Crippen LogP contribution < -0.4 is 0 Å². The number of benzene rings is 1. The number of nitrogens with zero attached hydrogens (tertiary/aromatic N) is 3. The van der Waals surface area contributed by atoms with Crippen molar-refractivity contribution in [1.29, 1.82) is 0 Å². The molecule has 1 aliphatic heterocycles. The second kappa shape index (κ2) is 5.02. The fourth-order valence-corrected chi connectivity index (χ4v) is 2.90. The Morgan fingerprint density at radius 1 is 1.23 bits per heavy atom. The number of hydrogen-bond donors (Lipinski definition) is 0. The van der Waals surface area contributed by atoms with E-state index >= 15 is 0 Å². The van der Waals surface area contributed by atoms with Crippen LogP contribution in [0.25, 0.3) is 11.0 Å². The van der Waals surface area contributed by atoms with Gasteiger partial charge in [-0.3, -0.25) is 4.79 Å². The summed E-state index contributed by atoms with van der Waals surface area (Å²) in [4.78, 5) is 23.7. The van der Waals surface area contributed by atoms with Gasteiger partial charge in [0.05, 0.1) is 34.6 Å². The van der Waals surface area contributed by atoms with Gasteiger partial charge in [-0.25, -0.2) is 9.97 Å². The molecule has 1 fully saturated rings. The third-order valence-corrected chi connectivity index (χ3v) is 4.23. The van der Waals surface area contributed by atoms with Crippen LogP contribution in [0.1, 0.15) is 42.5 Å². The predicted molar refractivity (Wildman–Crippen MR) is 84.7 cm³/mol. The van der Waals surface area contributed by atoms with E-state index in [1.807, 2.05) is 52.8 Å². The highest BCUT2D eigenvalue weighted by Gasteiger charge is 2.41. The number of amides is 1. The summed E-state index contributed by atoms with van der Waals surface area (Å²) in [5.41, 5.74) is 3.67. The van der Waals surface area contributed by atoms with E-state index in [9.17, 15) is 4.79 Å². The lowest BCUT2D eigenvalue weighted by molar-refractivity contribution is 0.0307. The van der Waals surface area contributed by atoms with Gasteiger partial charge in [-0.2, -0.15) is 0 Å². The Bertz CT molecular complexity index is 755. The molecule has 1 amide bonds. The Labute approximate surface area is 130 Å². The summed E-state index contributed by atoms with van der Waals surface area (Å²) in [6, 6.07) is 5.49. The molecule has 3 rings (SSSR count). The average Bonchev–Trinajstić information content (AvgIpc) is 2.72. The largest absolute Gasteiger partial charge is 0.356 e. The van der Waals surface area contributed by atoms with Gasteiger partial charge in [-0.05, 0) is 52.8 Å². The van der Waals surface area contributed by atoms with E-state index in [2.05, 4.69) is 9.97 Å². The first kappa shape index (κ1) is 14.9. The molecule has 1 unspecified atom stereocenters. The molecule has 0 N–H and O–H groups in total. The number of ether oxygens (including phenoxy) is 1. The summed E-state index contributed by atoms with van der Waals surface area (Å²) in [5.74, 6) is -0.0306. The Balaban J connectivity index is 2.03. The van der Waals surface area contributed by atoms with Gasteiger partial charge in [-0.15, -0.1) is 0 Å². The van der Waals surface area contributed by atoms with Gasteiger partial charge in [0.2, 0.25) is 0 Å². The van der Waals surface area contributed by atoms with Crippen LogP contribution in [0.4, 0.5) is 0 Å². The van der Waals surface area contributed by atoms with Gasteiger partial charge in [0.1, 0.15) is 6.23 Å². The first-order valence-electron chi connectivity index (χ1n) is 7.50. The molecule has 1 aliphatic rings. The highest BCUT2D eigenvalue weighted by Crippen LogP contribution is 2.29. The number of fused-ring (bicyclic) bond motifs is 1. The van der Waals surface area contributed by atoms with Gasteiger partial charge in [0.25, 0.3) is 5.91 Å². The quantitative estimate of drug-likeness (QED) is 0.812. The van der Waals surface area contributed by atoms with Gasteiger partial charge < -0.3 is 9.64 Å². The Kier molecular flexibility index (Phi) is 3.40. The van der Waals surface area contributed by atoms with E-state index in [1.54, 1.807) is 4.90 Å². The van der Waals surface area contributed by atoms with Crippen molar-refractivity contribution in [2.24, 2.45) is 0 Å². The SMILES string of the molecule is Cc1nc2ccc(C(=O)N3C(C)OCC3(C)C)cc2nc1C. The summed E-state index contributed by atoms with van der Waals surface area (Å²) in [6.07, 6.45) is -0.218. The summed E-state index contributed by atoms with van der Waals surface area (Å²) in [5, 5.41) is 0.